The maximum absolute atomic E-state index is 5.76. The predicted octanol–water partition coefficient (Wildman–Crippen LogP) is 2.03. The van der Waals surface area contributed by atoms with Gasteiger partial charge in [0.1, 0.15) is 0 Å². The van der Waals surface area contributed by atoms with Gasteiger partial charge < -0.3 is 15.4 Å². The highest BCUT2D eigenvalue weighted by Gasteiger charge is 2.18. The first-order chi connectivity index (χ1) is 8.74. The lowest BCUT2D eigenvalue weighted by Gasteiger charge is -2.26. The van der Waals surface area contributed by atoms with Crippen LogP contribution in [0.1, 0.15) is 30.3 Å². The number of thiazole rings is 1. The minimum Gasteiger partial charge on any atom is -0.381 e. The molecule has 4 nitrogen and oxygen atoms in total. The zero-order valence-corrected chi connectivity index (χ0v) is 12.1. The lowest BCUT2D eigenvalue weighted by Crippen LogP contribution is -2.30. The Morgan fingerprint density at radius 3 is 2.94 bits per heavy atom. The molecule has 2 heterocycles. The molecule has 0 spiro atoms. The Hall–Kier alpha value is -0.650. The van der Waals surface area contributed by atoms with E-state index in [-0.39, 0.29) is 0 Å². The zero-order valence-electron chi connectivity index (χ0n) is 11.3. The molecule has 2 rings (SSSR count). The van der Waals surface area contributed by atoms with E-state index in [0.717, 1.165) is 37.0 Å². The van der Waals surface area contributed by atoms with Crippen molar-refractivity contribution in [3.63, 3.8) is 0 Å². The van der Waals surface area contributed by atoms with Crippen LogP contribution in [0.3, 0.4) is 0 Å². The summed E-state index contributed by atoms with van der Waals surface area (Å²) in [5.74, 6) is 0.638. The molecule has 1 unspecified atom stereocenters. The Morgan fingerprint density at radius 2 is 2.39 bits per heavy atom. The fourth-order valence-electron chi connectivity index (χ4n) is 2.39. The molecule has 0 aliphatic carbocycles. The largest absolute Gasteiger partial charge is 0.381 e. The van der Waals surface area contributed by atoms with Gasteiger partial charge in [-0.2, -0.15) is 0 Å². The smallest absolute Gasteiger partial charge is 0.185 e. The molecule has 1 atom stereocenters. The highest BCUT2D eigenvalue weighted by atomic mass is 32.1. The van der Waals surface area contributed by atoms with Crippen LogP contribution in [0.4, 0.5) is 5.13 Å². The third-order valence-corrected chi connectivity index (χ3v) is 4.63. The van der Waals surface area contributed by atoms with E-state index in [2.05, 4.69) is 23.9 Å². The highest BCUT2D eigenvalue weighted by molar-refractivity contribution is 7.15. The first-order valence-corrected chi connectivity index (χ1v) is 7.53. The van der Waals surface area contributed by atoms with Crippen molar-refractivity contribution < 1.29 is 4.74 Å². The van der Waals surface area contributed by atoms with E-state index in [0.29, 0.717) is 12.5 Å². The minimum absolute atomic E-state index is 0.598. The van der Waals surface area contributed by atoms with E-state index in [9.17, 15) is 0 Å². The Bertz CT molecular complexity index is 353. The summed E-state index contributed by atoms with van der Waals surface area (Å²) < 4.78 is 5.53. The Balaban J connectivity index is 1.98. The van der Waals surface area contributed by atoms with Gasteiger partial charge in [-0.05, 0) is 25.2 Å². The van der Waals surface area contributed by atoms with E-state index < -0.39 is 0 Å². The van der Waals surface area contributed by atoms with Gasteiger partial charge >= 0.3 is 0 Å². The SMILES string of the molecule is CCc1nc(N(C)CC2CCCOC2)sc1CN. The molecule has 18 heavy (non-hydrogen) atoms. The number of nitrogens with zero attached hydrogens (tertiary/aromatic N) is 2. The summed E-state index contributed by atoms with van der Waals surface area (Å²) >= 11 is 1.73. The van der Waals surface area contributed by atoms with Crippen molar-refractivity contribution in [2.24, 2.45) is 11.7 Å². The van der Waals surface area contributed by atoms with Gasteiger partial charge in [0.25, 0.3) is 0 Å². The third kappa shape index (κ3) is 3.22. The van der Waals surface area contributed by atoms with E-state index in [4.69, 9.17) is 10.5 Å². The van der Waals surface area contributed by atoms with Crippen LogP contribution in [0, 0.1) is 5.92 Å². The summed E-state index contributed by atoms with van der Waals surface area (Å²) in [6, 6.07) is 0. The number of aryl methyl sites for hydroxylation is 1. The Morgan fingerprint density at radius 1 is 1.56 bits per heavy atom. The standard InChI is InChI=1S/C13H23N3OS/c1-3-11-12(7-14)18-13(15-11)16(2)8-10-5-4-6-17-9-10/h10H,3-9,14H2,1-2H3. The van der Waals surface area contributed by atoms with Crippen LogP contribution in [0.15, 0.2) is 0 Å². The molecular weight excluding hydrogens is 246 g/mol. The van der Waals surface area contributed by atoms with Gasteiger partial charge in [0.15, 0.2) is 5.13 Å². The first-order valence-electron chi connectivity index (χ1n) is 6.72. The number of ether oxygens (including phenoxy) is 1. The van der Waals surface area contributed by atoms with Gasteiger partial charge in [0, 0.05) is 31.6 Å². The molecule has 1 aromatic rings. The lowest BCUT2D eigenvalue weighted by atomic mass is 10.0. The van der Waals surface area contributed by atoms with Crippen LogP contribution in [-0.2, 0) is 17.7 Å². The lowest BCUT2D eigenvalue weighted by molar-refractivity contribution is 0.0576. The molecule has 0 aromatic carbocycles. The molecule has 5 heteroatoms. The maximum Gasteiger partial charge on any atom is 0.185 e. The summed E-state index contributed by atoms with van der Waals surface area (Å²) in [6.45, 7) is 5.57. The maximum atomic E-state index is 5.76. The molecule has 0 bridgehead atoms. The molecule has 2 N–H and O–H groups in total. The second kappa shape index (κ2) is 6.50. The average molecular weight is 269 g/mol. The molecule has 0 radical (unpaired) electrons. The van der Waals surface area contributed by atoms with Gasteiger partial charge in [0.05, 0.1) is 12.3 Å². The van der Waals surface area contributed by atoms with Crippen LogP contribution in [0.25, 0.3) is 0 Å². The molecular formula is C13H23N3OS. The number of rotatable bonds is 5. The van der Waals surface area contributed by atoms with Crippen LogP contribution in [0.2, 0.25) is 0 Å². The highest BCUT2D eigenvalue weighted by Crippen LogP contribution is 2.27. The Kier molecular flexibility index (Phi) is 4.97. The summed E-state index contributed by atoms with van der Waals surface area (Å²) in [4.78, 5) is 8.16. The van der Waals surface area contributed by atoms with E-state index >= 15 is 0 Å². The topological polar surface area (TPSA) is 51.4 Å². The van der Waals surface area contributed by atoms with E-state index in [1.165, 1.54) is 17.7 Å². The quantitative estimate of drug-likeness (QED) is 0.888. The minimum atomic E-state index is 0.598. The second-order valence-electron chi connectivity index (χ2n) is 4.89. The van der Waals surface area contributed by atoms with Crippen molar-refractivity contribution >= 4 is 16.5 Å². The van der Waals surface area contributed by atoms with Crippen LogP contribution < -0.4 is 10.6 Å². The first kappa shape index (κ1) is 13.8. The fraction of sp³-hybridized carbons (Fsp3) is 0.769. The Labute approximate surface area is 113 Å². The monoisotopic (exact) mass is 269 g/mol. The molecule has 0 saturated carbocycles. The van der Waals surface area contributed by atoms with Gasteiger partial charge in [-0.15, -0.1) is 11.3 Å². The third-order valence-electron chi connectivity index (χ3n) is 3.40. The summed E-state index contributed by atoms with van der Waals surface area (Å²) in [5.41, 5.74) is 6.91. The molecule has 0 amide bonds. The normalized spacial score (nSPS) is 20.1. The van der Waals surface area contributed by atoms with Crippen molar-refractivity contribution in [1.82, 2.24) is 4.98 Å². The zero-order chi connectivity index (χ0) is 13.0. The number of hydrogen-bond acceptors (Lipinski definition) is 5. The van der Waals surface area contributed by atoms with Crippen molar-refractivity contribution in [2.45, 2.75) is 32.7 Å². The van der Waals surface area contributed by atoms with E-state index in [1.807, 2.05) is 0 Å². The molecule has 102 valence electrons. The summed E-state index contributed by atoms with van der Waals surface area (Å²) in [6.07, 6.45) is 3.41. The van der Waals surface area contributed by atoms with Gasteiger partial charge in [0.2, 0.25) is 0 Å². The van der Waals surface area contributed by atoms with Crippen molar-refractivity contribution in [3.8, 4) is 0 Å². The number of anilines is 1. The fourth-order valence-corrected chi connectivity index (χ4v) is 3.38. The van der Waals surface area contributed by atoms with Crippen LogP contribution in [0.5, 0.6) is 0 Å². The average Bonchev–Trinajstić information content (AvgIpc) is 2.83. The van der Waals surface area contributed by atoms with Crippen molar-refractivity contribution in [1.29, 1.82) is 0 Å². The van der Waals surface area contributed by atoms with Crippen LogP contribution in [-0.4, -0.2) is 31.8 Å². The molecule has 1 aliphatic heterocycles. The summed E-state index contributed by atoms with van der Waals surface area (Å²) in [5, 5.41) is 1.10. The number of hydrogen-bond donors (Lipinski definition) is 1. The van der Waals surface area contributed by atoms with Crippen LogP contribution >= 0.6 is 11.3 Å². The molecule has 1 aliphatic rings. The van der Waals surface area contributed by atoms with Gasteiger partial charge in [-0.1, -0.05) is 6.92 Å². The molecule has 1 fully saturated rings. The number of aromatic nitrogens is 1. The van der Waals surface area contributed by atoms with Gasteiger partial charge in [-0.25, -0.2) is 4.98 Å². The second-order valence-corrected chi connectivity index (χ2v) is 5.95. The van der Waals surface area contributed by atoms with Crippen molar-refractivity contribution in [2.75, 3.05) is 31.7 Å². The van der Waals surface area contributed by atoms with Gasteiger partial charge in [-0.3, -0.25) is 0 Å². The molecule has 1 aromatic heterocycles. The van der Waals surface area contributed by atoms with E-state index in [1.54, 1.807) is 11.3 Å². The van der Waals surface area contributed by atoms with Crippen molar-refractivity contribution in [3.05, 3.63) is 10.6 Å². The number of nitrogens with two attached hydrogens (primary N) is 1. The molecule has 1 saturated heterocycles. The summed E-state index contributed by atoms with van der Waals surface area (Å²) in [7, 11) is 2.12. The predicted molar refractivity (Wildman–Crippen MR) is 76.2 cm³/mol.